The van der Waals surface area contributed by atoms with E-state index in [2.05, 4.69) is 31.9 Å². The lowest BCUT2D eigenvalue weighted by Gasteiger charge is -2.07. The summed E-state index contributed by atoms with van der Waals surface area (Å²) in [5.74, 6) is -1.66. The maximum Gasteiger partial charge on any atom is 0.197 e. The summed E-state index contributed by atoms with van der Waals surface area (Å²) in [6.45, 7) is 1.35. The number of phenolic OH excluding ortho intramolecular Hbond substituents is 2. The van der Waals surface area contributed by atoms with Crippen molar-refractivity contribution in [2.45, 2.75) is 13.0 Å². The van der Waals surface area contributed by atoms with Gasteiger partial charge in [0, 0.05) is 17.0 Å². The molecule has 5 nitrogen and oxygen atoms in total. The predicted octanol–water partition coefficient (Wildman–Crippen LogP) is 4.65. The summed E-state index contributed by atoms with van der Waals surface area (Å²) < 4.78 is 29.8. The number of fused-ring (bicyclic) bond motifs is 1. The quantitative estimate of drug-likeness (QED) is 0.497. The van der Waals surface area contributed by atoms with Crippen LogP contribution in [0.25, 0.3) is 11.0 Å². The van der Waals surface area contributed by atoms with Crippen molar-refractivity contribution in [2.24, 2.45) is 0 Å². The van der Waals surface area contributed by atoms with E-state index in [1.807, 2.05) is 0 Å². The lowest BCUT2D eigenvalue weighted by atomic mass is 9.98. The van der Waals surface area contributed by atoms with E-state index in [0.717, 1.165) is 0 Å². The third-order valence-electron chi connectivity index (χ3n) is 3.36. The molecule has 3 aromatic rings. The molecular weight excluding hydrogens is 444 g/mol. The van der Waals surface area contributed by atoms with Crippen LogP contribution in [0.5, 0.6) is 11.5 Å². The van der Waals surface area contributed by atoms with Gasteiger partial charge in [-0.25, -0.2) is 0 Å². The Balaban J connectivity index is 2.40. The minimum absolute atomic E-state index is 0.104. The first-order chi connectivity index (χ1) is 12.6. The number of furan rings is 1. The number of aliphatic hydroxyl groups is 1. The molecule has 0 aliphatic rings. The van der Waals surface area contributed by atoms with Crippen LogP contribution >= 0.6 is 31.9 Å². The number of halogens is 2. The van der Waals surface area contributed by atoms with Crippen LogP contribution in [-0.2, 0) is 0 Å². The fraction of sp³-hybridized carbons (Fsp3) is 0.118. The van der Waals surface area contributed by atoms with E-state index in [4.69, 9.17) is 8.53 Å². The molecule has 0 saturated carbocycles. The van der Waals surface area contributed by atoms with E-state index < -0.39 is 35.8 Å². The summed E-state index contributed by atoms with van der Waals surface area (Å²) in [4.78, 5) is 13.2. The fourth-order valence-electron chi connectivity index (χ4n) is 2.28. The van der Waals surface area contributed by atoms with Crippen LogP contribution in [0.15, 0.2) is 43.6 Å². The zero-order valence-electron chi connectivity index (χ0n) is 15.1. The number of hydrogen-bond donors (Lipinski definition) is 3. The van der Waals surface area contributed by atoms with Gasteiger partial charge in [-0.15, -0.1) is 0 Å². The van der Waals surface area contributed by atoms with Crippen molar-refractivity contribution in [1.82, 2.24) is 0 Å². The summed E-state index contributed by atoms with van der Waals surface area (Å²) in [5, 5.41) is 29.6. The summed E-state index contributed by atoms with van der Waals surface area (Å²) in [7, 11) is 0. The zero-order valence-corrected chi connectivity index (χ0v) is 15.3. The molecule has 7 heteroatoms. The number of benzene rings is 2. The van der Waals surface area contributed by atoms with Crippen molar-refractivity contribution in [3.8, 4) is 11.5 Å². The number of hydrogen-bond acceptors (Lipinski definition) is 5. The van der Waals surface area contributed by atoms with Crippen molar-refractivity contribution in [2.75, 3.05) is 0 Å². The highest BCUT2D eigenvalue weighted by molar-refractivity contribution is 9.11. The van der Waals surface area contributed by atoms with Crippen molar-refractivity contribution in [3.63, 3.8) is 0 Å². The molecular formula is C17H12Br2O5. The lowest BCUT2D eigenvalue weighted by molar-refractivity contribution is 0.102. The van der Waals surface area contributed by atoms with Crippen LogP contribution in [0.2, 0.25) is 0 Å². The maximum absolute atomic E-state index is 13.2. The molecule has 0 aliphatic heterocycles. The molecule has 3 rings (SSSR count). The van der Waals surface area contributed by atoms with Gasteiger partial charge >= 0.3 is 0 Å². The Bertz CT molecular complexity index is 1090. The molecule has 0 bridgehead atoms. The van der Waals surface area contributed by atoms with Crippen molar-refractivity contribution in [3.05, 3.63) is 56.1 Å². The standard InChI is InChI=1S/C17H12Br2O5/c1-7(20)17-14(10-3-2-9(21)6-13(10)24-17)15(22)8-4-11(18)16(23)12(19)5-8/h2-7,20-21,23H,1H3/i2D,3D,6D. The smallest absolute Gasteiger partial charge is 0.197 e. The van der Waals surface area contributed by atoms with E-state index in [1.165, 1.54) is 19.1 Å². The molecule has 0 radical (unpaired) electrons. The van der Waals surface area contributed by atoms with E-state index >= 15 is 0 Å². The monoisotopic (exact) mass is 457 g/mol. The molecule has 0 fully saturated rings. The molecule has 1 atom stereocenters. The van der Waals surface area contributed by atoms with Gasteiger partial charge in [0.1, 0.15) is 28.9 Å². The van der Waals surface area contributed by atoms with E-state index in [1.54, 1.807) is 0 Å². The third kappa shape index (κ3) is 2.83. The van der Waals surface area contributed by atoms with Crippen LogP contribution in [0.1, 0.15) is 38.8 Å². The van der Waals surface area contributed by atoms with Crippen molar-refractivity contribution in [1.29, 1.82) is 0 Å². The first-order valence-corrected chi connectivity index (χ1v) is 8.30. The summed E-state index contributed by atoms with van der Waals surface area (Å²) in [6, 6.07) is 1.07. The minimum atomic E-state index is -1.24. The minimum Gasteiger partial charge on any atom is -0.508 e. The van der Waals surface area contributed by atoms with Crippen LogP contribution in [0.4, 0.5) is 0 Å². The van der Waals surface area contributed by atoms with Crippen LogP contribution in [0.3, 0.4) is 0 Å². The lowest BCUT2D eigenvalue weighted by Crippen LogP contribution is -2.06. The first-order valence-electron chi connectivity index (χ1n) is 8.22. The Labute approximate surface area is 158 Å². The number of ketones is 1. The van der Waals surface area contributed by atoms with Gasteiger partial charge in [0.25, 0.3) is 0 Å². The van der Waals surface area contributed by atoms with E-state index in [9.17, 15) is 20.1 Å². The first kappa shape index (κ1) is 13.5. The topological polar surface area (TPSA) is 90.9 Å². The average Bonchev–Trinajstić information content (AvgIpc) is 3.02. The van der Waals surface area contributed by atoms with Gasteiger partial charge in [0.05, 0.1) is 18.6 Å². The van der Waals surface area contributed by atoms with E-state index in [-0.39, 0.29) is 42.6 Å². The molecule has 1 aromatic heterocycles. The molecule has 0 amide bonds. The second-order valence-electron chi connectivity index (χ2n) is 5.06. The van der Waals surface area contributed by atoms with Gasteiger partial charge in [-0.05, 0) is 63.0 Å². The number of aliphatic hydroxyl groups excluding tert-OH is 1. The SMILES string of the molecule is [2H]c1c(O)c([2H])c2oc(C(C)O)c(C(=O)c3cc(Br)c(O)c(Br)c3)c2c1[2H]. The molecule has 0 spiro atoms. The highest BCUT2D eigenvalue weighted by atomic mass is 79.9. The number of carbonyl (C=O) groups is 1. The molecule has 2 aromatic carbocycles. The summed E-state index contributed by atoms with van der Waals surface area (Å²) in [5.41, 5.74) is -0.317. The number of phenols is 2. The largest absolute Gasteiger partial charge is 0.508 e. The van der Waals surface area contributed by atoms with Gasteiger partial charge in [-0.2, -0.15) is 0 Å². The maximum atomic E-state index is 13.2. The predicted molar refractivity (Wildman–Crippen MR) is 95.5 cm³/mol. The molecule has 24 heavy (non-hydrogen) atoms. The average molecular weight is 459 g/mol. The van der Waals surface area contributed by atoms with Gasteiger partial charge in [0.2, 0.25) is 0 Å². The van der Waals surface area contributed by atoms with E-state index in [0.29, 0.717) is 0 Å². The second-order valence-corrected chi connectivity index (χ2v) is 6.77. The van der Waals surface area contributed by atoms with Gasteiger partial charge in [0.15, 0.2) is 5.78 Å². The van der Waals surface area contributed by atoms with Crippen molar-refractivity contribution < 1.29 is 28.6 Å². The second kappa shape index (κ2) is 6.23. The Morgan fingerprint density at radius 1 is 1.25 bits per heavy atom. The Kier molecular flexibility index (Phi) is 3.50. The van der Waals surface area contributed by atoms with Gasteiger partial charge in [-0.1, -0.05) is 0 Å². The highest BCUT2D eigenvalue weighted by Crippen LogP contribution is 2.37. The van der Waals surface area contributed by atoms with Crippen molar-refractivity contribution >= 4 is 48.6 Å². The highest BCUT2D eigenvalue weighted by Gasteiger charge is 2.25. The molecule has 3 N–H and O–H groups in total. The number of carbonyl (C=O) groups excluding carboxylic acids is 1. The van der Waals surface area contributed by atoms with Crippen LogP contribution in [-0.4, -0.2) is 21.1 Å². The molecule has 1 unspecified atom stereocenters. The van der Waals surface area contributed by atoms with Crippen LogP contribution in [0, 0.1) is 0 Å². The number of aromatic hydroxyl groups is 2. The normalized spacial score (nSPS) is 14.2. The zero-order chi connectivity index (χ0) is 20.2. The Morgan fingerprint density at radius 3 is 2.46 bits per heavy atom. The summed E-state index contributed by atoms with van der Waals surface area (Å²) in [6.07, 6.45) is -1.24. The van der Waals surface area contributed by atoms with Crippen LogP contribution < -0.4 is 0 Å². The number of rotatable bonds is 3. The Morgan fingerprint density at radius 2 is 1.88 bits per heavy atom. The molecule has 1 heterocycles. The fourth-order valence-corrected chi connectivity index (χ4v) is 3.46. The molecule has 0 saturated heterocycles. The molecule has 0 aliphatic carbocycles. The van der Waals surface area contributed by atoms with Gasteiger partial charge in [-0.3, -0.25) is 4.79 Å². The van der Waals surface area contributed by atoms with Gasteiger partial charge < -0.3 is 19.7 Å². The third-order valence-corrected chi connectivity index (χ3v) is 4.57. The molecule has 124 valence electrons. The summed E-state index contributed by atoms with van der Waals surface area (Å²) >= 11 is 6.28. The Hall–Kier alpha value is -1.83.